The summed E-state index contributed by atoms with van der Waals surface area (Å²) in [6, 6.07) is 4.49. The van der Waals surface area contributed by atoms with E-state index in [9.17, 15) is 12.8 Å². The molecular formula is C12H18FNO2S. The second-order valence-corrected chi connectivity index (χ2v) is 6.55. The van der Waals surface area contributed by atoms with Crippen LogP contribution >= 0.6 is 0 Å². The summed E-state index contributed by atoms with van der Waals surface area (Å²) < 4.78 is 36.2. The lowest BCUT2D eigenvalue weighted by Gasteiger charge is -2.16. The Morgan fingerprint density at radius 2 is 2.06 bits per heavy atom. The lowest BCUT2D eigenvalue weighted by molar-refractivity contribution is 0.593. The van der Waals surface area contributed by atoms with Crippen molar-refractivity contribution in [2.75, 3.05) is 16.8 Å². The molecule has 0 fully saturated rings. The fraction of sp³-hybridized carbons (Fsp3) is 0.500. The molecule has 96 valence electrons. The number of sulfone groups is 1. The predicted molar refractivity (Wildman–Crippen MR) is 68.5 cm³/mol. The molecule has 0 aliphatic carbocycles. The van der Waals surface area contributed by atoms with Gasteiger partial charge in [-0.25, -0.2) is 12.8 Å². The second-order valence-electron chi connectivity index (χ2n) is 4.16. The van der Waals surface area contributed by atoms with Gasteiger partial charge in [0.15, 0.2) is 9.84 Å². The minimum absolute atomic E-state index is 0.0550. The van der Waals surface area contributed by atoms with Gasteiger partial charge in [-0.05, 0) is 26.0 Å². The van der Waals surface area contributed by atoms with Crippen LogP contribution in [-0.2, 0) is 9.84 Å². The van der Waals surface area contributed by atoms with E-state index in [0.717, 1.165) is 0 Å². The van der Waals surface area contributed by atoms with Gasteiger partial charge in [0.25, 0.3) is 0 Å². The highest BCUT2D eigenvalue weighted by Crippen LogP contribution is 2.18. The van der Waals surface area contributed by atoms with E-state index >= 15 is 0 Å². The maximum Gasteiger partial charge on any atom is 0.152 e. The van der Waals surface area contributed by atoms with E-state index in [0.29, 0.717) is 11.3 Å². The fourth-order valence-electron chi connectivity index (χ4n) is 1.57. The summed E-state index contributed by atoms with van der Waals surface area (Å²) >= 11 is 0. The van der Waals surface area contributed by atoms with Crippen molar-refractivity contribution in [2.24, 2.45) is 0 Å². The summed E-state index contributed by atoms with van der Waals surface area (Å²) in [7, 11) is -3.02. The van der Waals surface area contributed by atoms with Crippen LogP contribution in [0.25, 0.3) is 0 Å². The summed E-state index contributed by atoms with van der Waals surface area (Å²) in [5, 5.41) is 3.02. The van der Waals surface area contributed by atoms with E-state index in [2.05, 4.69) is 5.32 Å². The molecule has 0 amide bonds. The van der Waals surface area contributed by atoms with Crippen molar-refractivity contribution in [1.29, 1.82) is 0 Å². The van der Waals surface area contributed by atoms with Gasteiger partial charge in [-0.2, -0.15) is 0 Å². The van der Waals surface area contributed by atoms with Crippen LogP contribution in [0.2, 0.25) is 0 Å². The van der Waals surface area contributed by atoms with Crippen LogP contribution in [0.5, 0.6) is 0 Å². The quantitative estimate of drug-likeness (QED) is 0.883. The first-order valence-corrected chi connectivity index (χ1v) is 7.40. The minimum Gasteiger partial charge on any atom is -0.381 e. The van der Waals surface area contributed by atoms with E-state index in [1.807, 2.05) is 0 Å². The number of benzene rings is 1. The lowest BCUT2D eigenvalue weighted by Crippen LogP contribution is -2.27. The van der Waals surface area contributed by atoms with Crippen LogP contribution in [0.1, 0.15) is 19.4 Å². The molecule has 17 heavy (non-hydrogen) atoms. The van der Waals surface area contributed by atoms with Gasteiger partial charge in [0, 0.05) is 23.0 Å². The van der Waals surface area contributed by atoms with Crippen molar-refractivity contribution in [2.45, 2.75) is 26.8 Å². The van der Waals surface area contributed by atoms with Gasteiger partial charge >= 0.3 is 0 Å². The molecule has 1 N–H and O–H groups in total. The Kier molecular flexibility index (Phi) is 4.51. The van der Waals surface area contributed by atoms with Gasteiger partial charge in [-0.1, -0.05) is 13.0 Å². The Labute approximate surface area is 102 Å². The van der Waals surface area contributed by atoms with Gasteiger partial charge in [0.05, 0.1) is 5.75 Å². The largest absolute Gasteiger partial charge is 0.381 e. The summed E-state index contributed by atoms with van der Waals surface area (Å²) in [6.45, 7) is 5.06. The maximum atomic E-state index is 13.3. The smallest absolute Gasteiger partial charge is 0.152 e. The summed E-state index contributed by atoms with van der Waals surface area (Å²) in [4.78, 5) is 0. The molecule has 0 saturated carbocycles. The molecule has 0 aliphatic rings. The normalized spacial score (nSPS) is 13.4. The maximum absolute atomic E-state index is 13.3. The second kappa shape index (κ2) is 5.49. The van der Waals surface area contributed by atoms with E-state index in [1.54, 1.807) is 32.9 Å². The van der Waals surface area contributed by atoms with Crippen molar-refractivity contribution in [3.63, 3.8) is 0 Å². The first kappa shape index (κ1) is 14.0. The third kappa shape index (κ3) is 4.00. The van der Waals surface area contributed by atoms with Gasteiger partial charge in [0.1, 0.15) is 5.82 Å². The molecule has 1 atom stereocenters. The molecule has 0 heterocycles. The summed E-state index contributed by atoms with van der Waals surface area (Å²) in [6.07, 6.45) is 0. The Bertz CT molecular complexity index is 485. The van der Waals surface area contributed by atoms with E-state index < -0.39 is 9.84 Å². The highest BCUT2D eigenvalue weighted by atomic mass is 32.2. The number of anilines is 1. The molecule has 0 aliphatic heterocycles. The van der Waals surface area contributed by atoms with Crippen LogP contribution in [0, 0.1) is 12.7 Å². The molecule has 0 saturated heterocycles. The lowest BCUT2D eigenvalue weighted by atomic mass is 10.2. The van der Waals surface area contributed by atoms with Crippen LogP contribution in [-0.4, -0.2) is 26.0 Å². The third-order valence-electron chi connectivity index (χ3n) is 2.61. The van der Waals surface area contributed by atoms with Crippen molar-refractivity contribution in [3.05, 3.63) is 29.6 Å². The molecule has 0 spiro atoms. The average molecular weight is 259 g/mol. The Balaban J connectivity index is 2.75. The zero-order valence-electron chi connectivity index (χ0n) is 10.3. The first-order valence-electron chi connectivity index (χ1n) is 5.58. The highest BCUT2D eigenvalue weighted by Gasteiger charge is 2.14. The van der Waals surface area contributed by atoms with Crippen molar-refractivity contribution in [1.82, 2.24) is 0 Å². The standard InChI is InChI=1S/C12H18FNO2S/c1-4-17(15,16)8-9(2)14-12-7-5-6-11(13)10(12)3/h5-7,9,14H,4,8H2,1-3H3. The van der Waals surface area contributed by atoms with Crippen molar-refractivity contribution >= 4 is 15.5 Å². The fourth-order valence-corrected chi connectivity index (χ4v) is 2.65. The molecule has 0 aromatic heterocycles. The van der Waals surface area contributed by atoms with E-state index in [-0.39, 0.29) is 23.4 Å². The van der Waals surface area contributed by atoms with Crippen LogP contribution < -0.4 is 5.32 Å². The van der Waals surface area contributed by atoms with Crippen molar-refractivity contribution in [3.8, 4) is 0 Å². The summed E-state index contributed by atoms with van der Waals surface area (Å²) in [5.74, 6) is -0.110. The number of hydrogen-bond acceptors (Lipinski definition) is 3. The SMILES string of the molecule is CCS(=O)(=O)CC(C)Nc1cccc(F)c1C. The first-order chi connectivity index (χ1) is 7.85. The van der Waals surface area contributed by atoms with Gasteiger partial charge < -0.3 is 5.32 Å². The van der Waals surface area contributed by atoms with Crippen LogP contribution in [0.4, 0.5) is 10.1 Å². The number of hydrogen-bond donors (Lipinski definition) is 1. The Hall–Kier alpha value is -1.10. The topological polar surface area (TPSA) is 46.2 Å². The number of rotatable bonds is 5. The van der Waals surface area contributed by atoms with Crippen LogP contribution in [0.15, 0.2) is 18.2 Å². The molecule has 0 bridgehead atoms. The molecule has 3 nitrogen and oxygen atoms in total. The van der Waals surface area contributed by atoms with Gasteiger partial charge in [0.2, 0.25) is 0 Å². The zero-order valence-corrected chi connectivity index (χ0v) is 11.1. The third-order valence-corrected chi connectivity index (χ3v) is 4.50. The number of nitrogens with one attached hydrogen (secondary N) is 1. The molecule has 1 aromatic carbocycles. The minimum atomic E-state index is -3.02. The van der Waals surface area contributed by atoms with Gasteiger partial charge in [-0.15, -0.1) is 0 Å². The van der Waals surface area contributed by atoms with Gasteiger partial charge in [-0.3, -0.25) is 0 Å². The molecule has 0 radical (unpaired) electrons. The predicted octanol–water partition coefficient (Wildman–Crippen LogP) is 2.37. The molecular weight excluding hydrogens is 241 g/mol. The summed E-state index contributed by atoms with van der Waals surface area (Å²) in [5.41, 5.74) is 1.15. The monoisotopic (exact) mass is 259 g/mol. The molecule has 5 heteroatoms. The van der Waals surface area contributed by atoms with Crippen LogP contribution in [0.3, 0.4) is 0 Å². The van der Waals surface area contributed by atoms with E-state index in [1.165, 1.54) is 6.07 Å². The Morgan fingerprint density at radius 1 is 1.41 bits per heavy atom. The molecule has 1 unspecified atom stereocenters. The zero-order chi connectivity index (χ0) is 13.1. The average Bonchev–Trinajstić information content (AvgIpc) is 2.24. The highest BCUT2D eigenvalue weighted by molar-refractivity contribution is 7.91. The Morgan fingerprint density at radius 3 is 2.65 bits per heavy atom. The molecule has 1 rings (SSSR count). The van der Waals surface area contributed by atoms with Crippen molar-refractivity contribution < 1.29 is 12.8 Å². The van der Waals surface area contributed by atoms with E-state index in [4.69, 9.17) is 0 Å². The number of halogens is 1. The molecule has 1 aromatic rings.